The van der Waals surface area contributed by atoms with Crippen LogP contribution in [0.4, 0.5) is 0 Å². The van der Waals surface area contributed by atoms with E-state index in [1.165, 1.54) is 16.4 Å². The standard InChI is InChI=1S/C11H11NO2S/c13-11(10-2-1-7-15-10)12-8-3-5-9(14-12)6-4-8/h1-3,5,7-9H,4,6H2. The van der Waals surface area contributed by atoms with Gasteiger partial charge in [-0.3, -0.25) is 9.63 Å². The first kappa shape index (κ1) is 9.12. The Balaban J connectivity index is 1.84. The summed E-state index contributed by atoms with van der Waals surface area (Å²) in [7, 11) is 0. The summed E-state index contributed by atoms with van der Waals surface area (Å²) in [5.41, 5.74) is 0. The van der Waals surface area contributed by atoms with E-state index in [0.717, 1.165) is 17.7 Å². The van der Waals surface area contributed by atoms with Crippen LogP contribution in [0.15, 0.2) is 29.7 Å². The van der Waals surface area contributed by atoms with Gasteiger partial charge in [-0.2, -0.15) is 0 Å². The smallest absolute Gasteiger partial charge is 0.266 e. The molecule has 0 aromatic carbocycles. The summed E-state index contributed by atoms with van der Waals surface area (Å²) in [6, 6.07) is 3.85. The van der Waals surface area contributed by atoms with E-state index < -0.39 is 0 Å². The van der Waals surface area contributed by atoms with Crippen molar-refractivity contribution in [1.29, 1.82) is 0 Å². The molecule has 0 radical (unpaired) electrons. The van der Waals surface area contributed by atoms with Crippen molar-refractivity contribution in [2.75, 3.05) is 0 Å². The molecule has 1 aromatic rings. The zero-order chi connectivity index (χ0) is 10.3. The molecule has 2 aliphatic heterocycles. The quantitative estimate of drug-likeness (QED) is 0.680. The van der Waals surface area contributed by atoms with E-state index in [4.69, 9.17) is 4.84 Å². The first-order valence-corrected chi connectivity index (χ1v) is 5.95. The molecule has 4 rings (SSSR count). The van der Waals surface area contributed by atoms with Crippen LogP contribution >= 0.6 is 11.3 Å². The molecule has 2 unspecified atom stereocenters. The lowest BCUT2D eigenvalue weighted by Crippen LogP contribution is -2.48. The molecular weight excluding hydrogens is 210 g/mol. The predicted octanol–water partition coefficient (Wildman–Crippen LogP) is 2.22. The Hall–Kier alpha value is -1.13. The van der Waals surface area contributed by atoms with Crippen molar-refractivity contribution in [3.63, 3.8) is 0 Å². The summed E-state index contributed by atoms with van der Waals surface area (Å²) in [6.45, 7) is 0. The van der Waals surface area contributed by atoms with Crippen LogP contribution in [0, 0.1) is 0 Å². The number of nitrogens with zero attached hydrogens (tertiary/aromatic N) is 1. The van der Waals surface area contributed by atoms with E-state index in [-0.39, 0.29) is 18.1 Å². The molecular formula is C11H11NO2S. The van der Waals surface area contributed by atoms with Gasteiger partial charge >= 0.3 is 0 Å². The Morgan fingerprint density at radius 1 is 1.47 bits per heavy atom. The van der Waals surface area contributed by atoms with Gasteiger partial charge in [0.1, 0.15) is 6.10 Å². The maximum Gasteiger partial charge on any atom is 0.288 e. The highest BCUT2D eigenvalue weighted by Gasteiger charge is 2.34. The molecule has 2 bridgehead atoms. The molecule has 2 atom stereocenters. The summed E-state index contributed by atoms with van der Waals surface area (Å²) >= 11 is 1.46. The molecule has 1 aliphatic carbocycles. The molecule has 78 valence electrons. The number of carbonyl (C=O) groups is 1. The third kappa shape index (κ3) is 1.50. The molecule has 15 heavy (non-hydrogen) atoms. The minimum absolute atomic E-state index is 0.0101. The zero-order valence-electron chi connectivity index (χ0n) is 8.13. The highest BCUT2D eigenvalue weighted by atomic mass is 32.1. The Labute approximate surface area is 91.9 Å². The molecule has 0 saturated carbocycles. The van der Waals surface area contributed by atoms with Gasteiger partial charge in [-0.25, -0.2) is 5.06 Å². The van der Waals surface area contributed by atoms with Gasteiger partial charge in [-0.15, -0.1) is 11.3 Å². The van der Waals surface area contributed by atoms with Gasteiger partial charge in [0.2, 0.25) is 0 Å². The fourth-order valence-electron chi connectivity index (χ4n) is 1.99. The SMILES string of the molecule is O=C(c1cccs1)N1OC2C=CC1CC2. The van der Waals surface area contributed by atoms with E-state index in [0.29, 0.717) is 0 Å². The van der Waals surface area contributed by atoms with Gasteiger partial charge in [0.15, 0.2) is 0 Å². The topological polar surface area (TPSA) is 29.5 Å². The fourth-order valence-corrected chi connectivity index (χ4v) is 2.65. The molecule has 0 N–H and O–H groups in total. The minimum Gasteiger partial charge on any atom is -0.266 e. The van der Waals surface area contributed by atoms with Crippen LogP contribution in [0.3, 0.4) is 0 Å². The molecule has 1 amide bonds. The van der Waals surface area contributed by atoms with Gasteiger partial charge in [-0.05, 0) is 24.3 Å². The average Bonchev–Trinajstić information content (AvgIpc) is 2.83. The fraction of sp³-hybridized carbons (Fsp3) is 0.364. The number of carbonyl (C=O) groups excluding carboxylic acids is 1. The van der Waals surface area contributed by atoms with Crippen molar-refractivity contribution in [2.45, 2.75) is 25.0 Å². The van der Waals surface area contributed by atoms with E-state index in [1.54, 1.807) is 0 Å². The first-order valence-electron chi connectivity index (χ1n) is 5.07. The maximum absolute atomic E-state index is 12.0. The summed E-state index contributed by atoms with van der Waals surface area (Å²) in [5, 5.41) is 3.44. The molecule has 0 spiro atoms. The lowest BCUT2D eigenvalue weighted by Gasteiger charge is -2.39. The molecule has 1 aromatic heterocycles. The van der Waals surface area contributed by atoms with E-state index in [1.807, 2.05) is 23.6 Å². The van der Waals surface area contributed by atoms with Gasteiger partial charge in [-0.1, -0.05) is 18.2 Å². The highest BCUT2D eigenvalue weighted by Crippen LogP contribution is 2.29. The Bertz CT molecular complexity index is 399. The minimum atomic E-state index is -0.0101. The largest absolute Gasteiger partial charge is 0.288 e. The molecule has 1 fully saturated rings. The Kier molecular flexibility index (Phi) is 2.11. The molecule has 1 saturated heterocycles. The lowest BCUT2D eigenvalue weighted by atomic mass is 9.98. The van der Waals surface area contributed by atoms with E-state index >= 15 is 0 Å². The van der Waals surface area contributed by atoms with Crippen LogP contribution in [0.2, 0.25) is 0 Å². The predicted molar refractivity (Wildman–Crippen MR) is 57.5 cm³/mol. The molecule has 3 heterocycles. The van der Waals surface area contributed by atoms with E-state index in [2.05, 4.69) is 6.08 Å². The van der Waals surface area contributed by atoms with Crippen molar-refractivity contribution in [2.24, 2.45) is 0 Å². The van der Waals surface area contributed by atoms with Gasteiger partial charge in [0, 0.05) is 0 Å². The van der Waals surface area contributed by atoms with Crippen LogP contribution in [0.5, 0.6) is 0 Å². The van der Waals surface area contributed by atoms with Gasteiger partial charge < -0.3 is 0 Å². The highest BCUT2D eigenvalue weighted by molar-refractivity contribution is 7.12. The number of amides is 1. The van der Waals surface area contributed by atoms with Crippen LogP contribution in [0.1, 0.15) is 22.5 Å². The number of hydroxylamine groups is 2. The van der Waals surface area contributed by atoms with E-state index in [9.17, 15) is 4.79 Å². The van der Waals surface area contributed by atoms with Crippen molar-refractivity contribution in [3.8, 4) is 0 Å². The second-order valence-electron chi connectivity index (χ2n) is 3.78. The second-order valence-corrected chi connectivity index (χ2v) is 4.73. The normalized spacial score (nSPS) is 28.4. The van der Waals surface area contributed by atoms with Gasteiger partial charge in [0.05, 0.1) is 10.9 Å². The number of rotatable bonds is 1. The summed E-state index contributed by atoms with van der Waals surface area (Å²) in [4.78, 5) is 18.3. The summed E-state index contributed by atoms with van der Waals surface area (Å²) in [6.07, 6.45) is 6.25. The van der Waals surface area contributed by atoms with Crippen LogP contribution in [-0.2, 0) is 4.84 Å². The molecule has 4 heteroatoms. The number of fused-ring (bicyclic) bond motifs is 2. The van der Waals surface area contributed by atoms with Crippen LogP contribution < -0.4 is 0 Å². The van der Waals surface area contributed by atoms with Crippen molar-refractivity contribution in [1.82, 2.24) is 5.06 Å². The number of hydrogen-bond donors (Lipinski definition) is 0. The molecule has 3 nitrogen and oxygen atoms in total. The van der Waals surface area contributed by atoms with Crippen molar-refractivity contribution in [3.05, 3.63) is 34.5 Å². The molecule has 3 aliphatic rings. The zero-order valence-corrected chi connectivity index (χ0v) is 8.94. The first-order chi connectivity index (χ1) is 7.34. The van der Waals surface area contributed by atoms with Crippen molar-refractivity contribution >= 4 is 17.2 Å². The monoisotopic (exact) mass is 221 g/mol. The Morgan fingerprint density at radius 3 is 2.93 bits per heavy atom. The average molecular weight is 221 g/mol. The maximum atomic E-state index is 12.0. The second kappa shape index (κ2) is 3.47. The van der Waals surface area contributed by atoms with Crippen LogP contribution in [-0.4, -0.2) is 23.1 Å². The lowest BCUT2D eigenvalue weighted by molar-refractivity contribution is -0.197. The van der Waals surface area contributed by atoms with Crippen LogP contribution in [0.25, 0.3) is 0 Å². The number of hydrogen-bond acceptors (Lipinski definition) is 3. The number of thiophene rings is 1. The summed E-state index contributed by atoms with van der Waals surface area (Å²) < 4.78 is 0. The third-order valence-corrected chi connectivity index (χ3v) is 3.64. The van der Waals surface area contributed by atoms with Crippen molar-refractivity contribution < 1.29 is 9.63 Å². The third-order valence-electron chi connectivity index (χ3n) is 2.78. The summed E-state index contributed by atoms with van der Waals surface area (Å²) in [5.74, 6) is -0.0101. The van der Waals surface area contributed by atoms with Gasteiger partial charge in [0.25, 0.3) is 5.91 Å². The Morgan fingerprint density at radius 2 is 2.40 bits per heavy atom.